The van der Waals surface area contributed by atoms with Crippen LogP contribution in [-0.4, -0.2) is 63.2 Å². The number of rotatable bonds is 10. The highest BCUT2D eigenvalue weighted by atomic mass is 35.5. The maximum atomic E-state index is 13.5. The number of nitrogens with zero attached hydrogens (tertiary/aromatic N) is 3. The molecule has 0 aliphatic rings. The first-order chi connectivity index (χ1) is 15.1. The number of likely N-dealkylation sites (N-methyl/N-ethyl adjacent to an activating group) is 1. The monoisotopic (exact) mass is 480 g/mol. The van der Waals surface area contributed by atoms with Gasteiger partial charge in [0.15, 0.2) is 0 Å². The van der Waals surface area contributed by atoms with E-state index in [0.717, 1.165) is 8.61 Å². The standard InChI is InChI=1S/C22H29ClN4O4S/c1-5-20(22(29)24-2)26(15-17-11-9-10-14-19(17)23)21(28)16-27(32(30,31)25(3)4)18-12-7-6-8-13-18/h6-14,20H,5,15-16H2,1-4H3,(H,24,29)/t20-/m0/s1. The molecule has 2 amide bonds. The third-order valence-corrected chi connectivity index (χ3v) is 7.18. The Kier molecular flexibility index (Phi) is 9.06. The Labute approximate surface area is 194 Å². The first-order valence-electron chi connectivity index (χ1n) is 10.1. The van der Waals surface area contributed by atoms with Crippen LogP contribution in [-0.2, 0) is 26.3 Å². The lowest BCUT2D eigenvalue weighted by atomic mass is 10.1. The molecule has 0 bridgehead atoms. The van der Waals surface area contributed by atoms with E-state index in [-0.39, 0.29) is 12.5 Å². The molecule has 0 saturated heterocycles. The molecule has 2 aromatic rings. The molecule has 1 atom stereocenters. The Morgan fingerprint density at radius 1 is 1.03 bits per heavy atom. The van der Waals surface area contributed by atoms with Gasteiger partial charge in [0.1, 0.15) is 12.6 Å². The number of halogens is 1. The lowest BCUT2D eigenvalue weighted by molar-refractivity contribution is -0.140. The first-order valence-corrected chi connectivity index (χ1v) is 11.9. The summed E-state index contributed by atoms with van der Waals surface area (Å²) in [5.41, 5.74) is 1.01. The number of para-hydroxylation sites is 1. The third-order valence-electron chi connectivity index (χ3n) is 4.99. The fourth-order valence-corrected chi connectivity index (χ4v) is 4.46. The summed E-state index contributed by atoms with van der Waals surface area (Å²) in [5, 5.41) is 3.04. The van der Waals surface area contributed by atoms with Gasteiger partial charge in [-0.15, -0.1) is 0 Å². The average molecular weight is 481 g/mol. The zero-order valence-corrected chi connectivity index (χ0v) is 20.2. The highest BCUT2D eigenvalue weighted by Crippen LogP contribution is 2.23. The molecule has 2 rings (SSSR count). The van der Waals surface area contributed by atoms with Crippen molar-refractivity contribution < 1.29 is 18.0 Å². The second-order valence-electron chi connectivity index (χ2n) is 7.28. The van der Waals surface area contributed by atoms with E-state index in [0.29, 0.717) is 22.7 Å². The SMILES string of the molecule is CC[C@@H](C(=O)NC)N(Cc1ccccc1Cl)C(=O)CN(c1ccccc1)S(=O)(=O)N(C)C. The zero-order chi connectivity index (χ0) is 23.9. The molecule has 0 fully saturated rings. The van der Waals surface area contributed by atoms with E-state index in [1.54, 1.807) is 61.5 Å². The second-order valence-corrected chi connectivity index (χ2v) is 9.76. The summed E-state index contributed by atoms with van der Waals surface area (Å²) in [7, 11) is 0.328. The highest BCUT2D eigenvalue weighted by Gasteiger charge is 2.33. The van der Waals surface area contributed by atoms with Crippen LogP contribution < -0.4 is 9.62 Å². The van der Waals surface area contributed by atoms with Crippen molar-refractivity contribution in [2.24, 2.45) is 0 Å². The Morgan fingerprint density at radius 2 is 1.62 bits per heavy atom. The summed E-state index contributed by atoms with van der Waals surface area (Å²) >= 11 is 6.30. The normalized spacial score (nSPS) is 12.3. The van der Waals surface area contributed by atoms with Crippen molar-refractivity contribution in [2.75, 3.05) is 32.0 Å². The molecule has 0 heterocycles. The number of nitrogens with one attached hydrogen (secondary N) is 1. The first kappa shape index (κ1) is 25.6. The molecular formula is C22H29ClN4O4S. The topological polar surface area (TPSA) is 90.0 Å². The Hall–Kier alpha value is -2.62. The van der Waals surface area contributed by atoms with E-state index in [1.165, 1.54) is 26.0 Å². The molecule has 8 nitrogen and oxygen atoms in total. The van der Waals surface area contributed by atoms with Crippen LogP contribution in [0.3, 0.4) is 0 Å². The van der Waals surface area contributed by atoms with Crippen molar-refractivity contribution in [2.45, 2.75) is 25.9 Å². The van der Waals surface area contributed by atoms with E-state index < -0.39 is 28.7 Å². The number of carbonyl (C=O) groups excluding carboxylic acids is 2. The minimum absolute atomic E-state index is 0.0646. The summed E-state index contributed by atoms with van der Waals surface area (Å²) in [5.74, 6) is -0.857. The molecular weight excluding hydrogens is 452 g/mol. The van der Waals surface area contributed by atoms with Crippen LogP contribution >= 0.6 is 11.6 Å². The number of hydrogen-bond donors (Lipinski definition) is 1. The summed E-state index contributed by atoms with van der Waals surface area (Å²) in [6.45, 7) is 1.38. The summed E-state index contributed by atoms with van der Waals surface area (Å²) < 4.78 is 28.1. The molecule has 0 saturated carbocycles. The Bertz CT molecular complexity index is 1030. The maximum absolute atomic E-state index is 13.5. The maximum Gasteiger partial charge on any atom is 0.304 e. The summed E-state index contributed by atoms with van der Waals surface area (Å²) in [6, 6.07) is 14.6. The molecule has 2 aromatic carbocycles. The van der Waals surface area contributed by atoms with Gasteiger partial charge in [-0.25, -0.2) is 4.31 Å². The van der Waals surface area contributed by atoms with Crippen molar-refractivity contribution >= 4 is 39.3 Å². The Balaban J connectivity index is 2.48. The van der Waals surface area contributed by atoms with Gasteiger partial charge < -0.3 is 10.2 Å². The smallest absolute Gasteiger partial charge is 0.304 e. The fraction of sp³-hybridized carbons (Fsp3) is 0.364. The van der Waals surface area contributed by atoms with Crippen LogP contribution in [0.4, 0.5) is 5.69 Å². The number of hydrogen-bond acceptors (Lipinski definition) is 4. The van der Waals surface area contributed by atoms with Crippen LogP contribution in [0.2, 0.25) is 5.02 Å². The number of amides is 2. The van der Waals surface area contributed by atoms with Crippen molar-refractivity contribution in [1.82, 2.24) is 14.5 Å². The summed E-state index contributed by atoms with van der Waals surface area (Å²) in [6.07, 6.45) is 0.349. The van der Waals surface area contributed by atoms with Gasteiger partial charge in [-0.2, -0.15) is 12.7 Å². The third kappa shape index (κ3) is 5.99. The molecule has 0 aromatic heterocycles. The Morgan fingerprint density at radius 3 is 2.16 bits per heavy atom. The van der Waals surface area contributed by atoms with Crippen LogP contribution in [0.25, 0.3) is 0 Å². The minimum atomic E-state index is -3.97. The molecule has 0 aliphatic carbocycles. The largest absolute Gasteiger partial charge is 0.357 e. The molecule has 0 radical (unpaired) electrons. The predicted octanol–water partition coefficient (Wildman–Crippen LogP) is 2.51. The lowest BCUT2D eigenvalue weighted by Gasteiger charge is -2.33. The van der Waals surface area contributed by atoms with Crippen LogP contribution in [0.5, 0.6) is 0 Å². The number of anilines is 1. The van der Waals surface area contributed by atoms with Crippen LogP contribution in [0, 0.1) is 0 Å². The van der Waals surface area contributed by atoms with Crippen molar-refractivity contribution in [3.8, 4) is 0 Å². The van der Waals surface area contributed by atoms with E-state index in [2.05, 4.69) is 5.32 Å². The van der Waals surface area contributed by atoms with Gasteiger partial charge in [-0.1, -0.05) is 54.9 Å². The van der Waals surface area contributed by atoms with Crippen molar-refractivity contribution in [3.05, 3.63) is 65.2 Å². The van der Waals surface area contributed by atoms with Gasteiger partial charge in [-0.05, 0) is 30.2 Å². The van der Waals surface area contributed by atoms with Crippen LogP contribution in [0.15, 0.2) is 54.6 Å². The van der Waals surface area contributed by atoms with Gasteiger partial charge in [0.25, 0.3) is 0 Å². The molecule has 174 valence electrons. The van der Waals surface area contributed by atoms with Gasteiger partial charge in [0.2, 0.25) is 11.8 Å². The fourth-order valence-electron chi connectivity index (χ4n) is 3.21. The van der Waals surface area contributed by atoms with Gasteiger partial charge in [-0.3, -0.25) is 9.59 Å². The average Bonchev–Trinajstić information content (AvgIpc) is 2.78. The van der Waals surface area contributed by atoms with Crippen molar-refractivity contribution in [3.63, 3.8) is 0 Å². The zero-order valence-electron chi connectivity index (χ0n) is 18.7. The number of carbonyl (C=O) groups is 2. The van der Waals surface area contributed by atoms with Gasteiger partial charge >= 0.3 is 10.2 Å². The quantitative estimate of drug-likeness (QED) is 0.565. The molecule has 10 heteroatoms. The molecule has 1 N–H and O–H groups in total. The van der Waals surface area contributed by atoms with E-state index >= 15 is 0 Å². The van der Waals surface area contributed by atoms with E-state index in [4.69, 9.17) is 11.6 Å². The van der Waals surface area contributed by atoms with Crippen molar-refractivity contribution in [1.29, 1.82) is 0 Å². The minimum Gasteiger partial charge on any atom is -0.357 e. The van der Waals surface area contributed by atoms with Gasteiger partial charge in [0.05, 0.1) is 5.69 Å². The predicted molar refractivity (Wildman–Crippen MR) is 127 cm³/mol. The van der Waals surface area contributed by atoms with Gasteiger partial charge in [0, 0.05) is 32.7 Å². The molecule has 32 heavy (non-hydrogen) atoms. The molecule has 0 spiro atoms. The lowest BCUT2D eigenvalue weighted by Crippen LogP contribution is -2.52. The van der Waals surface area contributed by atoms with E-state index in [9.17, 15) is 18.0 Å². The number of benzene rings is 2. The van der Waals surface area contributed by atoms with Crippen LogP contribution in [0.1, 0.15) is 18.9 Å². The van der Waals surface area contributed by atoms with E-state index in [1.807, 2.05) is 0 Å². The highest BCUT2D eigenvalue weighted by molar-refractivity contribution is 7.90. The molecule has 0 unspecified atom stereocenters. The summed E-state index contributed by atoms with van der Waals surface area (Å²) in [4.78, 5) is 27.4. The second kappa shape index (κ2) is 11.3. The molecule has 0 aliphatic heterocycles.